The largest absolute Gasteiger partial charge is 0.484 e. The van der Waals surface area contributed by atoms with Gasteiger partial charge in [0, 0.05) is 11.4 Å². The highest BCUT2D eigenvalue weighted by atomic mass is 32.2. The molecular weight excluding hydrogens is 388 g/mol. The molecule has 0 saturated carbocycles. The van der Waals surface area contributed by atoms with Gasteiger partial charge in [0.1, 0.15) is 5.75 Å². The standard InChI is InChI=1S/C22H22N2O4S/c1-2-17-8-6-7-11-21(17)23-22(25)16-28-19-12-14-20(15-13-19)29(26,27)24-18-9-4-3-5-10-18/h3-15,24H,2,16H2,1H3,(H,23,25). The van der Waals surface area contributed by atoms with Crippen molar-refractivity contribution in [2.45, 2.75) is 18.2 Å². The van der Waals surface area contributed by atoms with Crippen molar-refractivity contribution in [2.75, 3.05) is 16.6 Å². The first-order valence-electron chi connectivity index (χ1n) is 9.16. The summed E-state index contributed by atoms with van der Waals surface area (Å²) in [5.41, 5.74) is 2.29. The van der Waals surface area contributed by atoms with Crippen molar-refractivity contribution < 1.29 is 17.9 Å². The van der Waals surface area contributed by atoms with E-state index in [1.165, 1.54) is 24.3 Å². The van der Waals surface area contributed by atoms with Crippen molar-refractivity contribution in [3.8, 4) is 5.75 Å². The van der Waals surface area contributed by atoms with Crippen molar-refractivity contribution in [3.05, 3.63) is 84.4 Å². The normalized spacial score (nSPS) is 10.9. The second kappa shape index (κ2) is 9.25. The maximum Gasteiger partial charge on any atom is 0.262 e. The summed E-state index contributed by atoms with van der Waals surface area (Å²) in [5.74, 6) is 0.121. The van der Waals surface area contributed by atoms with Crippen LogP contribution in [0.15, 0.2) is 83.8 Å². The van der Waals surface area contributed by atoms with Gasteiger partial charge in [0.25, 0.3) is 15.9 Å². The first-order chi connectivity index (χ1) is 14.0. The summed E-state index contributed by atoms with van der Waals surface area (Å²) in [7, 11) is -3.69. The average Bonchev–Trinajstić information content (AvgIpc) is 2.73. The zero-order chi connectivity index (χ0) is 20.7. The van der Waals surface area contributed by atoms with E-state index in [4.69, 9.17) is 4.74 Å². The molecule has 0 aromatic heterocycles. The molecule has 1 amide bonds. The lowest BCUT2D eigenvalue weighted by atomic mass is 10.1. The number of ether oxygens (including phenoxy) is 1. The molecule has 0 atom stereocenters. The summed E-state index contributed by atoms with van der Waals surface area (Å²) in [4.78, 5) is 12.2. The monoisotopic (exact) mass is 410 g/mol. The number of nitrogens with one attached hydrogen (secondary N) is 2. The molecule has 0 aliphatic carbocycles. The number of hydrogen-bond donors (Lipinski definition) is 2. The van der Waals surface area contributed by atoms with Gasteiger partial charge < -0.3 is 10.1 Å². The van der Waals surface area contributed by atoms with Crippen molar-refractivity contribution in [1.29, 1.82) is 0 Å². The molecular formula is C22H22N2O4S. The molecule has 0 spiro atoms. The van der Waals surface area contributed by atoms with Crippen LogP contribution in [0.5, 0.6) is 5.75 Å². The van der Waals surface area contributed by atoms with Crippen LogP contribution < -0.4 is 14.8 Å². The van der Waals surface area contributed by atoms with Gasteiger partial charge in [-0.25, -0.2) is 8.42 Å². The Morgan fingerprint density at radius 1 is 0.897 bits per heavy atom. The second-order valence-electron chi connectivity index (χ2n) is 6.29. The Labute approximate surface area is 170 Å². The molecule has 0 bridgehead atoms. The van der Waals surface area contributed by atoms with Crippen molar-refractivity contribution in [2.24, 2.45) is 0 Å². The van der Waals surface area contributed by atoms with Crippen molar-refractivity contribution >= 4 is 27.3 Å². The van der Waals surface area contributed by atoms with Crippen LogP contribution in [0.3, 0.4) is 0 Å². The molecule has 0 heterocycles. The maximum atomic E-state index is 12.4. The summed E-state index contributed by atoms with van der Waals surface area (Å²) < 4.78 is 32.8. The number of carbonyl (C=O) groups excluding carboxylic acids is 1. The quantitative estimate of drug-likeness (QED) is 0.586. The van der Waals surface area contributed by atoms with E-state index in [0.29, 0.717) is 11.4 Å². The highest BCUT2D eigenvalue weighted by molar-refractivity contribution is 7.92. The molecule has 3 aromatic carbocycles. The van der Waals surface area contributed by atoms with Gasteiger partial charge in [0.15, 0.2) is 6.61 Å². The average molecular weight is 410 g/mol. The molecule has 0 aliphatic heterocycles. The Bertz CT molecular complexity index is 1070. The second-order valence-corrected chi connectivity index (χ2v) is 7.97. The number of sulfonamides is 1. The van der Waals surface area contributed by atoms with E-state index in [2.05, 4.69) is 10.0 Å². The molecule has 0 saturated heterocycles. The Morgan fingerprint density at radius 3 is 2.24 bits per heavy atom. The van der Waals surface area contributed by atoms with Crippen LogP contribution in [0.4, 0.5) is 11.4 Å². The highest BCUT2D eigenvalue weighted by Gasteiger charge is 2.14. The minimum absolute atomic E-state index is 0.107. The Hall–Kier alpha value is -3.32. The number of carbonyl (C=O) groups is 1. The molecule has 29 heavy (non-hydrogen) atoms. The Morgan fingerprint density at radius 2 is 1.55 bits per heavy atom. The molecule has 0 radical (unpaired) electrons. The summed E-state index contributed by atoms with van der Waals surface area (Å²) in [6, 6.07) is 22.1. The Balaban J connectivity index is 1.58. The third kappa shape index (κ3) is 5.58. The first kappa shape index (κ1) is 20.4. The molecule has 6 nitrogen and oxygen atoms in total. The van der Waals surface area contributed by atoms with E-state index in [-0.39, 0.29) is 17.4 Å². The number of amides is 1. The molecule has 150 valence electrons. The third-order valence-electron chi connectivity index (χ3n) is 4.20. The molecule has 0 aliphatic rings. The van der Waals surface area contributed by atoms with Crippen LogP contribution in [0, 0.1) is 0 Å². The fraction of sp³-hybridized carbons (Fsp3) is 0.136. The molecule has 3 aromatic rings. The van der Waals surface area contributed by atoms with Crippen LogP contribution in [-0.4, -0.2) is 20.9 Å². The SMILES string of the molecule is CCc1ccccc1NC(=O)COc1ccc(S(=O)(=O)Nc2ccccc2)cc1. The first-order valence-corrected chi connectivity index (χ1v) is 10.6. The van der Waals surface area contributed by atoms with Gasteiger partial charge in [0.2, 0.25) is 0 Å². The highest BCUT2D eigenvalue weighted by Crippen LogP contribution is 2.20. The van der Waals surface area contributed by atoms with Crippen LogP contribution in [0.25, 0.3) is 0 Å². The molecule has 2 N–H and O–H groups in total. The number of benzene rings is 3. The minimum atomic E-state index is -3.69. The van der Waals surface area contributed by atoms with Crippen molar-refractivity contribution in [3.63, 3.8) is 0 Å². The van der Waals surface area contributed by atoms with Gasteiger partial charge in [-0.1, -0.05) is 43.3 Å². The lowest BCUT2D eigenvalue weighted by Crippen LogP contribution is -2.21. The summed E-state index contributed by atoms with van der Waals surface area (Å²) >= 11 is 0. The van der Waals surface area contributed by atoms with Gasteiger partial charge in [-0.15, -0.1) is 0 Å². The number of rotatable bonds is 8. The van der Waals surface area contributed by atoms with Gasteiger partial charge >= 0.3 is 0 Å². The van der Waals surface area contributed by atoms with Crippen LogP contribution in [-0.2, 0) is 21.2 Å². The molecule has 7 heteroatoms. The lowest BCUT2D eigenvalue weighted by molar-refractivity contribution is -0.118. The third-order valence-corrected chi connectivity index (χ3v) is 5.60. The van der Waals surface area contributed by atoms with Gasteiger partial charge in [-0.3, -0.25) is 9.52 Å². The predicted molar refractivity (Wildman–Crippen MR) is 114 cm³/mol. The fourth-order valence-corrected chi connectivity index (χ4v) is 3.78. The summed E-state index contributed by atoms with van der Waals surface area (Å²) in [6.07, 6.45) is 0.810. The van der Waals surface area contributed by atoms with Crippen molar-refractivity contribution in [1.82, 2.24) is 0 Å². The summed E-state index contributed by atoms with van der Waals surface area (Å²) in [5, 5.41) is 2.82. The van der Waals surface area contributed by atoms with E-state index in [9.17, 15) is 13.2 Å². The molecule has 0 fully saturated rings. The number of aryl methyl sites for hydroxylation is 1. The van der Waals surface area contributed by atoms with Crippen LogP contribution >= 0.6 is 0 Å². The molecule has 3 rings (SSSR count). The fourth-order valence-electron chi connectivity index (χ4n) is 2.72. The minimum Gasteiger partial charge on any atom is -0.484 e. The maximum absolute atomic E-state index is 12.4. The number of hydrogen-bond acceptors (Lipinski definition) is 4. The zero-order valence-corrected chi connectivity index (χ0v) is 16.8. The van der Waals surface area contributed by atoms with E-state index >= 15 is 0 Å². The van der Waals surface area contributed by atoms with Gasteiger partial charge in [-0.05, 0) is 54.4 Å². The van der Waals surface area contributed by atoms with Gasteiger partial charge in [-0.2, -0.15) is 0 Å². The lowest BCUT2D eigenvalue weighted by Gasteiger charge is -2.11. The van der Waals surface area contributed by atoms with E-state index in [1.54, 1.807) is 30.3 Å². The van der Waals surface area contributed by atoms with Gasteiger partial charge in [0.05, 0.1) is 4.90 Å². The van der Waals surface area contributed by atoms with Crippen LogP contribution in [0.2, 0.25) is 0 Å². The summed E-state index contributed by atoms with van der Waals surface area (Å²) in [6.45, 7) is 1.84. The number of anilines is 2. The van der Waals surface area contributed by atoms with E-state index in [0.717, 1.165) is 17.7 Å². The molecule has 0 unspecified atom stereocenters. The zero-order valence-electron chi connectivity index (χ0n) is 16.0. The predicted octanol–water partition coefficient (Wildman–Crippen LogP) is 4.07. The Kier molecular flexibility index (Phi) is 6.51. The van der Waals surface area contributed by atoms with E-state index in [1.807, 2.05) is 31.2 Å². The topological polar surface area (TPSA) is 84.5 Å². The van der Waals surface area contributed by atoms with E-state index < -0.39 is 10.0 Å². The smallest absolute Gasteiger partial charge is 0.262 e. The number of para-hydroxylation sites is 2. The van der Waals surface area contributed by atoms with Crippen LogP contribution in [0.1, 0.15) is 12.5 Å².